The van der Waals surface area contributed by atoms with Crippen LogP contribution >= 0.6 is 23.4 Å². The molecule has 1 aromatic rings. The van der Waals surface area contributed by atoms with Gasteiger partial charge in [-0.2, -0.15) is 0 Å². The van der Waals surface area contributed by atoms with Crippen molar-refractivity contribution in [3.63, 3.8) is 0 Å². The topological polar surface area (TPSA) is 54.9 Å². The van der Waals surface area contributed by atoms with Crippen LogP contribution in [0.2, 0.25) is 5.02 Å². The van der Waals surface area contributed by atoms with E-state index in [1.165, 1.54) is 18.0 Å². The van der Waals surface area contributed by atoms with Crippen LogP contribution in [0.3, 0.4) is 0 Å². The second-order valence-electron chi connectivity index (χ2n) is 4.06. The molecule has 0 aliphatic heterocycles. The minimum Gasteiger partial charge on any atom is -0.348 e. The van der Waals surface area contributed by atoms with Crippen molar-refractivity contribution in [2.75, 3.05) is 6.26 Å². The number of halogens is 1. The molecule has 1 N–H and O–H groups in total. The molecule has 17 heavy (non-hydrogen) atoms. The second kappa shape index (κ2) is 6.21. The zero-order valence-corrected chi connectivity index (χ0v) is 11.9. The van der Waals surface area contributed by atoms with E-state index in [0.717, 1.165) is 0 Å². The highest BCUT2D eigenvalue weighted by atomic mass is 35.5. The minimum absolute atomic E-state index is 0.0752. The second-order valence-corrected chi connectivity index (χ2v) is 5.24. The van der Waals surface area contributed by atoms with Gasteiger partial charge < -0.3 is 5.32 Å². The van der Waals surface area contributed by atoms with Crippen molar-refractivity contribution in [2.24, 2.45) is 5.92 Å². The number of hydrogen-bond acceptors (Lipinski definition) is 4. The normalized spacial score (nSPS) is 12.6. The fraction of sp³-hybridized carbons (Fsp3) is 0.545. The molecule has 1 amide bonds. The summed E-state index contributed by atoms with van der Waals surface area (Å²) in [5.41, 5.74) is 0.235. The van der Waals surface area contributed by atoms with Crippen molar-refractivity contribution in [3.8, 4) is 0 Å². The lowest BCUT2D eigenvalue weighted by molar-refractivity contribution is 0.0924. The predicted molar refractivity (Wildman–Crippen MR) is 70.6 cm³/mol. The van der Waals surface area contributed by atoms with Gasteiger partial charge in [-0.15, -0.1) is 0 Å². The van der Waals surface area contributed by atoms with Crippen molar-refractivity contribution >= 4 is 29.3 Å². The number of amides is 1. The highest BCUT2D eigenvalue weighted by Crippen LogP contribution is 2.16. The number of thioether (sulfide) groups is 1. The van der Waals surface area contributed by atoms with E-state index in [4.69, 9.17) is 11.6 Å². The van der Waals surface area contributed by atoms with Crippen LogP contribution in [0.1, 0.15) is 31.3 Å². The fourth-order valence-corrected chi connectivity index (χ4v) is 1.57. The highest BCUT2D eigenvalue weighted by Gasteiger charge is 2.17. The molecule has 0 spiro atoms. The standard InChI is InChI=1S/C11H16ClN3OS/c1-6(2)7(3)14-10(16)9-8(12)5-13-11(15-9)17-4/h5-7H,1-4H3,(H,14,16). The van der Waals surface area contributed by atoms with E-state index in [9.17, 15) is 4.79 Å². The van der Waals surface area contributed by atoms with Gasteiger partial charge in [0, 0.05) is 6.04 Å². The van der Waals surface area contributed by atoms with Crippen LogP contribution in [0, 0.1) is 5.92 Å². The van der Waals surface area contributed by atoms with Gasteiger partial charge in [0.05, 0.1) is 11.2 Å². The number of rotatable bonds is 4. The van der Waals surface area contributed by atoms with Crippen LogP contribution in [0.15, 0.2) is 11.4 Å². The maximum atomic E-state index is 12.0. The summed E-state index contributed by atoms with van der Waals surface area (Å²) >= 11 is 7.29. The molecule has 94 valence electrons. The lowest BCUT2D eigenvalue weighted by Gasteiger charge is -2.17. The van der Waals surface area contributed by atoms with Crippen molar-refractivity contribution in [3.05, 3.63) is 16.9 Å². The van der Waals surface area contributed by atoms with Gasteiger partial charge >= 0.3 is 0 Å². The van der Waals surface area contributed by atoms with Gasteiger partial charge in [0.2, 0.25) is 0 Å². The maximum absolute atomic E-state index is 12.0. The summed E-state index contributed by atoms with van der Waals surface area (Å²) in [6, 6.07) is 0.0752. The first-order valence-corrected chi connectivity index (χ1v) is 6.93. The van der Waals surface area contributed by atoms with Crippen molar-refractivity contribution < 1.29 is 4.79 Å². The van der Waals surface area contributed by atoms with E-state index >= 15 is 0 Å². The van der Waals surface area contributed by atoms with Crippen LogP contribution < -0.4 is 5.32 Å². The molecule has 0 bridgehead atoms. The van der Waals surface area contributed by atoms with Gasteiger partial charge in [0.25, 0.3) is 5.91 Å². The van der Waals surface area contributed by atoms with E-state index in [1.807, 2.05) is 27.0 Å². The largest absolute Gasteiger partial charge is 0.348 e. The van der Waals surface area contributed by atoms with E-state index in [1.54, 1.807) is 0 Å². The monoisotopic (exact) mass is 273 g/mol. The van der Waals surface area contributed by atoms with Crippen molar-refractivity contribution in [1.29, 1.82) is 0 Å². The summed E-state index contributed by atoms with van der Waals surface area (Å²) in [7, 11) is 0. The molecule has 1 aromatic heterocycles. The molecule has 0 aromatic carbocycles. The average molecular weight is 274 g/mol. The molecule has 1 heterocycles. The lowest BCUT2D eigenvalue weighted by Crippen LogP contribution is -2.36. The summed E-state index contributed by atoms with van der Waals surface area (Å²) in [6.45, 7) is 6.03. The van der Waals surface area contributed by atoms with Gasteiger partial charge in [0.1, 0.15) is 0 Å². The Morgan fingerprint density at radius 2 is 2.12 bits per heavy atom. The molecule has 4 nitrogen and oxygen atoms in total. The first-order valence-electron chi connectivity index (χ1n) is 5.33. The zero-order chi connectivity index (χ0) is 13.0. The molecule has 0 aliphatic carbocycles. The van der Waals surface area contributed by atoms with Gasteiger partial charge in [0.15, 0.2) is 10.9 Å². The number of carbonyl (C=O) groups is 1. The first kappa shape index (κ1) is 14.3. The third-order valence-electron chi connectivity index (χ3n) is 2.48. The van der Waals surface area contributed by atoms with Crippen LogP contribution in [0.5, 0.6) is 0 Å². The van der Waals surface area contributed by atoms with Gasteiger partial charge in [-0.25, -0.2) is 9.97 Å². The minimum atomic E-state index is -0.256. The molecule has 1 atom stereocenters. The van der Waals surface area contributed by atoms with E-state index in [0.29, 0.717) is 11.1 Å². The van der Waals surface area contributed by atoms with Gasteiger partial charge in [-0.05, 0) is 19.1 Å². The molecule has 1 rings (SSSR count). The van der Waals surface area contributed by atoms with Gasteiger partial charge in [-0.1, -0.05) is 37.2 Å². The Morgan fingerprint density at radius 1 is 1.47 bits per heavy atom. The summed E-state index contributed by atoms with van der Waals surface area (Å²) in [5, 5.41) is 3.68. The predicted octanol–water partition coefficient (Wildman–Crippen LogP) is 2.63. The Balaban J connectivity index is 2.88. The summed E-state index contributed by atoms with van der Waals surface area (Å²) in [4.78, 5) is 20.1. The average Bonchev–Trinajstić information content (AvgIpc) is 2.29. The third-order valence-corrected chi connectivity index (χ3v) is 3.32. The van der Waals surface area contributed by atoms with Crippen LogP contribution in [-0.4, -0.2) is 28.2 Å². The quantitative estimate of drug-likeness (QED) is 0.677. The molecule has 0 radical (unpaired) electrons. The number of aromatic nitrogens is 2. The van der Waals surface area contributed by atoms with Crippen LogP contribution in [-0.2, 0) is 0 Å². The number of nitrogens with zero attached hydrogens (tertiary/aromatic N) is 2. The third kappa shape index (κ3) is 3.85. The molecule has 1 unspecified atom stereocenters. The highest BCUT2D eigenvalue weighted by molar-refractivity contribution is 7.98. The first-order chi connectivity index (χ1) is 7.95. The molecule has 0 saturated carbocycles. The maximum Gasteiger partial charge on any atom is 0.271 e. The Labute approximate surface area is 111 Å². The van der Waals surface area contributed by atoms with Crippen molar-refractivity contribution in [1.82, 2.24) is 15.3 Å². The molecule has 6 heteroatoms. The van der Waals surface area contributed by atoms with Crippen molar-refractivity contribution in [2.45, 2.75) is 32.0 Å². The Kier molecular flexibility index (Phi) is 5.21. The Morgan fingerprint density at radius 3 is 2.65 bits per heavy atom. The lowest BCUT2D eigenvalue weighted by atomic mass is 10.1. The number of hydrogen-bond donors (Lipinski definition) is 1. The Bertz CT molecular complexity index is 412. The summed E-state index contributed by atoms with van der Waals surface area (Å²) in [6.07, 6.45) is 3.30. The molecule has 0 fully saturated rings. The fourth-order valence-electron chi connectivity index (χ4n) is 1.05. The van der Waals surface area contributed by atoms with Crippen LogP contribution in [0.4, 0.5) is 0 Å². The smallest absolute Gasteiger partial charge is 0.271 e. The number of nitrogens with one attached hydrogen (secondary N) is 1. The zero-order valence-electron chi connectivity index (χ0n) is 10.3. The molecule has 0 saturated heterocycles. The van der Waals surface area contributed by atoms with Gasteiger partial charge in [-0.3, -0.25) is 4.79 Å². The summed E-state index contributed by atoms with van der Waals surface area (Å²) < 4.78 is 0. The van der Waals surface area contributed by atoms with Crippen LogP contribution in [0.25, 0.3) is 0 Å². The van der Waals surface area contributed by atoms with E-state index in [-0.39, 0.29) is 22.7 Å². The Hall–Kier alpha value is -0.810. The molecular weight excluding hydrogens is 258 g/mol. The van der Waals surface area contributed by atoms with E-state index < -0.39 is 0 Å². The SMILES string of the molecule is CSc1ncc(Cl)c(C(=O)NC(C)C(C)C)n1. The summed E-state index contributed by atoms with van der Waals surface area (Å²) in [5.74, 6) is 0.105. The van der Waals surface area contributed by atoms with E-state index in [2.05, 4.69) is 15.3 Å². The number of carbonyl (C=O) groups excluding carboxylic acids is 1. The molecule has 0 aliphatic rings. The molecular formula is C11H16ClN3OS.